The molecule has 0 bridgehead atoms. The molecule has 3 aromatic heterocycles. The van der Waals surface area contributed by atoms with Crippen LogP contribution in [-0.2, 0) is 0 Å². The molecule has 0 fully saturated rings. The second-order valence-corrected chi connectivity index (χ2v) is 13.2. The maximum Gasteiger partial charge on any atom is 0.235 e. The highest BCUT2D eigenvalue weighted by molar-refractivity contribution is 7.26. The lowest BCUT2D eigenvalue weighted by Crippen LogP contribution is -2.03. The van der Waals surface area contributed by atoms with Crippen LogP contribution in [0.15, 0.2) is 140 Å². The van der Waals surface area contributed by atoms with Gasteiger partial charge in [-0.15, -0.1) is 11.3 Å². The van der Waals surface area contributed by atoms with Gasteiger partial charge < -0.3 is 0 Å². The largest absolute Gasteiger partial charge is 0.278 e. The van der Waals surface area contributed by atoms with E-state index in [1.54, 1.807) is 11.3 Å². The van der Waals surface area contributed by atoms with E-state index in [0.717, 1.165) is 37.9 Å². The van der Waals surface area contributed by atoms with Crippen LogP contribution >= 0.6 is 11.3 Å². The molecule has 3 nitrogen and oxygen atoms in total. The Morgan fingerprint density at radius 1 is 0.457 bits per heavy atom. The summed E-state index contributed by atoms with van der Waals surface area (Å²) >= 11 is 1.78. The third-order valence-electron chi connectivity index (χ3n) is 9.75. The molecule has 1 aliphatic carbocycles. The van der Waals surface area contributed by atoms with Crippen LogP contribution in [-0.4, -0.2) is 14.5 Å². The number of fused-ring (bicyclic) bond motifs is 10. The molecule has 11 rings (SSSR count). The molecule has 0 radical (unpaired) electrons. The van der Waals surface area contributed by atoms with Crippen molar-refractivity contribution in [1.29, 1.82) is 0 Å². The summed E-state index contributed by atoms with van der Waals surface area (Å²) in [6.07, 6.45) is 0. The zero-order valence-corrected chi connectivity index (χ0v) is 25.3. The van der Waals surface area contributed by atoms with E-state index in [0.29, 0.717) is 5.95 Å². The molecular weight excluding hydrogens is 579 g/mol. The van der Waals surface area contributed by atoms with Gasteiger partial charge in [0, 0.05) is 26.4 Å². The van der Waals surface area contributed by atoms with Gasteiger partial charge in [-0.25, -0.2) is 9.97 Å². The standard InChI is InChI=1S/C42H23N3S/c1-2-11-25-23-36-34(22-24(25)10-1)28-14-5-7-18-35(28)45(36)42-43-39(41-40(44-42)33-15-6-8-19-37(33)46-41)32-21-20-31-27-13-4-3-12-26(27)29-16-9-17-30(32)38(29)31/h1-23H. The lowest BCUT2D eigenvalue weighted by Gasteiger charge is -2.13. The summed E-state index contributed by atoms with van der Waals surface area (Å²) in [7, 11) is 0. The molecule has 0 N–H and O–H groups in total. The highest BCUT2D eigenvalue weighted by Crippen LogP contribution is 2.50. The van der Waals surface area contributed by atoms with Crippen molar-refractivity contribution in [2.24, 2.45) is 0 Å². The van der Waals surface area contributed by atoms with Gasteiger partial charge in [0.15, 0.2) is 0 Å². The zero-order chi connectivity index (χ0) is 29.9. The van der Waals surface area contributed by atoms with Crippen LogP contribution in [0.5, 0.6) is 0 Å². The summed E-state index contributed by atoms with van der Waals surface area (Å²) in [5, 5.41) is 8.53. The molecule has 0 amide bonds. The van der Waals surface area contributed by atoms with Gasteiger partial charge in [0.2, 0.25) is 5.95 Å². The van der Waals surface area contributed by atoms with Gasteiger partial charge in [0.05, 0.1) is 26.9 Å². The fraction of sp³-hybridized carbons (Fsp3) is 0. The SMILES string of the molecule is c1ccc2c(c1)-c1cccc3c(-c4nc(-n5c6ccccc6c6cc7ccccc7cc65)nc5c4sc4ccccc45)ccc-2c13. The fourth-order valence-corrected chi connectivity index (χ4v) is 8.89. The van der Waals surface area contributed by atoms with E-state index >= 15 is 0 Å². The summed E-state index contributed by atoms with van der Waals surface area (Å²) < 4.78 is 4.60. The van der Waals surface area contributed by atoms with Gasteiger partial charge >= 0.3 is 0 Å². The van der Waals surface area contributed by atoms with Crippen molar-refractivity contribution < 1.29 is 0 Å². The van der Waals surface area contributed by atoms with Crippen molar-refractivity contribution in [1.82, 2.24) is 14.5 Å². The van der Waals surface area contributed by atoms with Crippen LogP contribution in [0.25, 0.3) is 103 Å². The predicted octanol–water partition coefficient (Wildman–Crippen LogP) is 11.6. The molecule has 0 saturated heterocycles. The van der Waals surface area contributed by atoms with Crippen LogP contribution < -0.4 is 0 Å². The van der Waals surface area contributed by atoms with Crippen molar-refractivity contribution in [2.45, 2.75) is 0 Å². The van der Waals surface area contributed by atoms with E-state index in [2.05, 4.69) is 144 Å². The van der Waals surface area contributed by atoms with E-state index in [4.69, 9.17) is 9.97 Å². The molecule has 0 unspecified atom stereocenters. The van der Waals surface area contributed by atoms with Crippen LogP contribution in [0.4, 0.5) is 0 Å². The number of benzene rings is 7. The van der Waals surface area contributed by atoms with E-state index in [1.807, 2.05) is 0 Å². The number of hydrogen-bond donors (Lipinski definition) is 0. The summed E-state index contributed by atoms with van der Waals surface area (Å²) in [6, 6.07) is 50.4. The van der Waals surface area contributed by atoms with Crippen molar-refractivity contribution in [3.63, 3.8) is 0 Å². The van der Waals surface area contributed by atoms with Crippen molar-refractivity contribution in [3.8, 4) is 39.5 Å². The average Bonchev–Trinajstić information content (AvgIpc) is 3.76. The molecule has 0 atom stereocenters. The van der Waals surface area contributed by atoms with Gasteiger partial charge in [-0.2, -0.15) is 0 Å². The van der Waals surface area contributed by atoms with E-state index in [-0.39, 0.29) is 0 Å². The molecule has 7 aromatic carbocycles. The second-order valence-electron chi connectivity index (χ2n) is 12.2. The van der Waals surface area contributed by atoms with Crippen LogP contribution in [0.1, 0.15) is 0 Å². The van der Waals surface area contributed by atoms with Crippen LogP contribution in [0, 0.1) is 0 Å². The van der Waals surface area contributed by atoms with Gasteiger partial charge in [0.25, 0.3) is 0 Å². The maximum absolute atomic E-state index is 5.53. The molecule has 46 heavy (non-hydrogen) atoms. The monoisotopic (exact) mass is 601 g/mol. The Morgan fingerprint density at radius 2 is 1.11 bits per heavy atom. The summed E-state index contributed by atoms with van der Waals surface area (Å²) in [4.78, 5) is 10.9. The number of nitrogens with zero attached hydrogens (tertiary/aromatic N) is 3. The normalized spacial score (nSPS) is 12.3. The number of hydrogen-bond acceptors (Lipinski definition) is 3. The minimum Gasteiger partial charge on any atom is -0.278 e. The minimum atomic E-state index is 0.694. The van der Waals surface area contributed by atoms with Crippen molar-refractivity contribution in [2.75, 3.05) is 0 Å². The van der Waals surface area contributed by atoms with Crippen LogP contribution in [0.2, 0.25) is 0 Å². The Hall–Kier alpha value is -5.84. The highest BCUT2D eigenvalue weighted by Gasteiger charge is 2.25. The minimum absolute atomic E-state index is 0.694. The smallest absolute Gasteiger partial charge is 0.235 e. The van der Waals surface area contributed by atoms with E-state index in [9.17, 15) is 0 Å². The summed E-state index contributed by atoms with van der Waals surface area (Å²) in [5.41, 5.74) is 10.5. The Balaban J connectivity index is 1.28. The Kier molecular flexibility index (Phi) is 4.72. The van der Waals surface area contributed by atoms with Gasteiger partial charge in [-0.1, -0.05) is 115 Å². The second kappa shape index (κ2) is 8.87. The fourth-order valence-electron chi connectivity index (χ4n) is 7.75. The van der Waals surface area contributed by atoms with Gasteiger partial charge in [-0.3, -0.25) is 4.57 Å². The molecule has 3 heterocycles. The third kappa shape index (κ3) is 3.16. The molecule has 4 heteroatoms. The molecule has 0 spiro atoms. The summed E-state index contributed by atoms with van der Waals surface area (Å²) in [5.74, 6) is 0.694. The molecule has 10 aromatic rings. The maximum atomic E-state index is 5.53. The highest BCUT2D eigenvalue weighted by atomic mass is 32.1. The topological polar surface area (TPSA) is 30.7 Å². The molecule has 212 valence electrons. The molecular formula is C42H23N3S. The lowest BCUT2D eigenvalue weighted by molar-refractivity contribution is 1.02. The molecule has 0 aliphatic heterocycles. The first-order valence-electron chi connectivity index (χ1n) is 15.6. The van der Waals surface area contributed by atoms with Crippen molar-refractivity contribution in [3.05, 3.63) is 140 Å². The first kappa shape index (κ1) is 24.5. The van der Waals surface area contributed by atoms with Crippen LogP contribution in [0.3, 0.4) is 0 Å². The van der Waals surface area contributed by atoms with Gasteiger partial charge in [0.1, 0.15) is 0 Å². The summed E-state index contributed by atoms with van der Waals surface area (Å²) in [6.45, 7) is 0. The van der Waals surface area contributed by atoms with E-state index in [1.165, 1.54) is 59.3 Å². The predicted molar refractivity (Wildman–Crippen MR) is 194 cm³/mol. The van der Waals surface area contributed by atoms with Gasteiger partial charge in [-0.05, 0) is 68.1 Å². The molecule has 0 saturated carbocycles. The quantitative estimate of drug-likeness (QED) is 0.197. The number of para-hydroxylation sites is 1. The first-order valence-corrected chi connectivity index (χ1v) is 16.4. The van der Waals surface area contributed by atoms with E-state index < -0.39 is 0 Å². The Labute approximate surface area is 267 Å². The third-order valence-corrected chi connectivity index (χ3v) is 10.9. The molecule has 1 aliphatic rings. The van der Waals surface area contributed by atoms with Crippen molar-refractivity contribution >= 4 is 75.0 Å². The Morgan fingerprint density at radius 3 is 1.98 bits per heavy atom. The lowest BCUT2D eigenvalue weighted by atomic mass is 9.96. The zero-order valence-electron chi connectivity index (χ0n) is 24.5. The number of rotatable bonds is 2. The number of aromatic nitrogens is 3. The average molecular weight is 602 g/mol. The Bertz CT molecular complexity index is 2900. The first-order chi connectivity index (χ1) is 22.8. The number of thiophene rings is 1.